The van der Waals surface area contributed by atoms with Crippen molar-refractivity contribution < 1.29 is 4.52 Å². The number of nitrogens with zero attached hydrogens (tertiary/aromatic N) is 5. The van der Waals surface area contributed by atoms with Gasteiger partial charge in [-0.05, 0) is 20.3 Å². The summed E-state index contributed by atoms with van der Waals surface area (Å²) < 4.78 is 7.03. The molecule has 0 spiro atoms. The Morgan fingerprint density at radius 3 is 2.81 bits per heavy atom. The molecular weight excluding hydrogens is 268 g/mol. The zero-order chi connectivity index (χ0) is 15.0. The van der Waals surface area contributed by atoms with Crippen molar-refractivity contribution >= 4 is 16.9 Å². The Bertz CT molecular complexity index is 775. The maximum atomic E-state index is 5.24. The van der Waals surface area contributed by atoms with Gasteiger partial charge in [-0.25, -0.2) is 4.98 Å². The molecule has 0 aliphatic carbocycles. The molecule has 7 nitrogen and oxygen atoms in total. The number of aryl methyl sites for hydroxylation is 3. The largest absolute Gasteiger partial charge is 0.362 e. The highest BCUT2D eigenvalue weighted by Gasteiger charge is 2.18. The third-order valence-electron chi connectivity index (χ3n) is 3.46. The Hall–Kier alpha value is -2.44. The molecule has 0 aliphatic heterocycles. The van der Waals surface area contributed by atoms with Crippen molar-refractivity contribution in [2.24, 2.45) is 7.05 Å². The molecule has 0 unspecified atom stereocenters. The average Bonchev–Trinajstić information content (AvgIpc) is 3.02. The van der Waals surface area contributed by atoms with Crippen LogP contribution in [0.1, 0.15) is 36.5 Å². The van der Waals surface area contributed by atoms with Gasteiger partial charge in [-0.1, -0.05) is 12.1 Å². The summed E-state index contributed by atoms with van der Waals surface area (Å²) >= 11 is 0. The van der Waals surface area contributed by atoms with Gasteiger partial charge in [0.25, 0.3) is 5.71 Å². The first-order valence-electron chi connectivity index (χ1n) is 6.94. The van der Waals surface area contributed by atoms with Crippen LogP contribution < -0.4 is 5.32 Å². The minimum atomic E-state index is 0.130. The maximum Gasteiger partial charge on any atom is 0.263 e. The summed E-state index contributed by atoms with van der Waals surface area (Å²) in [5, 5.41) is 12.5. The molecule has 3 aromatic rings. The van der Waals surface area contributed by atoms with Crippen LogP contribution in [0.5, 0.6) is 0 Å². The van der Waals surface area contributed by atoms with Crippen LogP contribution in [0.25, 0.3) is 11.1 Å². The summed E-state index contributed by atoms with van der Waals surface area (Å²) in [6, 6.07) is 0.130. The van der Waals surface area contributed by atoms with E-state index in [1.165, 1.54) is 0 Å². The number of aromatic nitrogens is 5. The Morgan fingerprint density at radius 2 is 2.14 bits per heavy atom. The van der Waals surface area contributed by atoms with Crippen LogP contribution in [-0.4, -0.2) is 24.9 Å². The molecule has 0 amide bonds. The first-order valence-corrected chi connectivity index (χ1v) is 6.94. The predicted octanol–water partition coefficient (Wildman–Crippen LogP) is 2.53. The quantitative estimate of drug-likeness (QED) is 0.793. The fraction of sp³-hybridized carbons (Fsp3) is 0.429. The topological polar surface area (TPSA) is 81.7 Å². The summed E-state index contributed by atoms with van der Waals surface area (Å²) in [4.78, 5) is 8.78. The predicted molar refractivity (Wildman–Crippen MR) is 78.9 cm³/mol. The molecule has 3 heterocycles. The number of anilines is 1. The Morgan fingerprint density at radius 1 is 1.33 bits per heavy atom. The second kappa shape index (κ2) is 5.16. The van der Waals surface area contributed by atoms with Crippen LogP contribution in [0.3, 0.4) is 0 Å². The van der Waals surface area contributed by atoms with E-state index in [2.05, 4.69) is 32.5 Å². The van der Waals surface area contributed by atoms with Gasteiger partial charge in [-0.15, -0.1) is 0 Å². The maximum absolute atomic E-state index is 5.24. The number of nitrogens with one attached hydrogen (secondary N) is 1. The van der Waals surface area contributed by atoms with E-state index in [0.29, 0.717) is 11.5 Å². The minimum absolute atomic E-state index is 0.130. The highest BCUT2D eigenvalue weighted by Crippen LogP contribution is 2.28. The van der Waals surface area contributed by atoms with Gasteiger partial charge in [-0.2, -0.15) is 10.1 Å². The van der Waals surface area contributed by atoms with Gasteiger partial charge in [-0.3, -0.25) is 4.68 Å². The van der Waals surface area contributed by atoms with E-state index in [1.54, 1.807) is 4.68 Å². The molecule has 3 aromatic heterocycles. The summed E-state index contributed by atoms with van der Waals surface area (Å²) in [6.45, 7) is 5.85. The standard InChI is InChI=1S/C14H18N6O/c1-5-11(10-6-15-20(4)7-10)18-13-12-8(2)19-21-14(12)17-9(3)16-13/h6-7,11H,5H2,1-4H3,(H,16,17,18)/t11-/m0/s1. The third kappa shape index (κ3) is 2.46. The molecule has 7 heteroatoms. The molecule has 0 aliphatic rings. The summed E-state index contributed by atoms with van der Waals surface area (Å²) in [5.41, 5.74) is 2.43. The van der Waals surface area contributed by atoms with Gasteiger partial charge in [0.05, 0.1) is 17.9 Å². The van der Waals surface area contributed by atoms with Crippen LogP contribution in [0.2, 0.25) is 0 Å². The molecule has 110 valence electrons. The number of rotatable bonds is 4. The van der Waals surface area contributed by atoms with Crippen molar-refractivity contribution in [1.29, 1.82) is 0 Å². The number of fused-ring (bicyclic) bond motifs is 1. The smallest absolute Gasteiger partial charge is 0.263 e. The second-order valence-electron chi connectivity index (χ2n) is 5.12. The van der Waals surface area contributed by atoms with E-state index in [-0.39, 0.29) is 6.04 Å². The molecule has 0 saturated heterocycles. The molecule has 0 aromatic carbocycles. The normalized spacial score (nSPS) is 12.8. The van der Waals surface area contributed by atoms with Gasteiger partial charge in [0.15, 0.2) is 0 Å². The van der Waals surface area contributed by atoms with Crippen LogP contribution >= 0.6 is 0 Å². The summed E-state index contributed by atoms with van der Waals surface area (Å²) in [7, 11) is 1.91. The van der Waals surface area contributed by atoms with E-state index < -0.39 is 0 Å². The summed E-state index contributed by atoms with van der Waals surface area (Å²) in [6.07, 6.45) is 4.79. The Labute approximate surface area is 122 Å². The van der Waals surface area contributed by atoms with Gasteiger partial charge >= 0.3 is 0 Å². The zero-order valence-corrected chi connectivity index (χ0v) is 12.6. The fourth-order valence-corrected chi connectivity index (χ4v) is 2.41. The second-order valence-corrected chi connectivity index (χ2v) is 5.12. The SMILES string of the molecule is CC[C@H](Nc1nc(C)nc2onc(C)c12)c1cnn(C)c1. The zero-order valence-electron chi connectivity index (χ0n) is 12.6. The van der Waals surface area contributed by atoms with E-state index in [4.69, 9.17) is 4.52 Å². The van der Waals surface area contributed by atoms with Gasteiger partial charge in [0.1, 0.15) is 17.0 Å². The van der Waals surface area contributed by atoms with Crippen molar-refractivity contribution in [3.63, 3.8) is 0 Å². The molecule has 3 rings (SSSR count). The first kappa shape index (κ1) is 13.5. The molecule has 0 bridgehead atoms. The van der Waals surface area contributed by atoms with Gasteiger partial charge in [0, 0.05) is 18.8 Å². The van der Waals surface area contributed by atoms with Crippen molar-refractivity contribution in [3.05, 3.63) is 29.5 Å². The van der Waals surface area contributed by atoms with Crippen LogP contribution in [0.4, 0.5) is 5.82 Å². The highest BCUT2D eigenvalue weighted by atomic mass is 16.5. The van der Waals surface area contributed by atoms with Gasteiger partial charge < -0.3 is 9.84 Å². The molecule has 1 atom stereocenters. The van der Waals surface area contributed by atoms with E-state index in [9.17, 15) is 0 Å². The van der Waals surface area contributed by atoms with E-state index >= 15 is 0 Å². The van der Waals surface area contributed by atoms with Crippen molar-refractivity contribution in [1.82, 2.24) is 24.9 Å². The van der Waals surface area contributed by atoms with E-state index in [0.717, 1.165) is 28.9 Å². The van der Waals surface area contributed by atoms with Crippen molar-refractivity contribution in [2.75, 3.05) is 5.32 Å². The molecule has 0 fully saturated rings. The van der Waals surface area contributed by atoms with Crippen LogP contribution in [-0.2, 0) is 7.05 Å². The number of hydrogen-bond donors (Lipinski definition) is 1. The lowest BCUT2D eigenvalue weighted by Gasteiger charge is -2.16. The lowest BCUT2D eigenvalue weighted by molar-refractivity contribution is 0.442. The minimum Gasteiger partial charge on any atom is -0.362 e. The van der Waals surface area contributed by atoms with Crippen LogP contribution in [0.15, 0.2) is 16.9 Å². The lowest BCUT2D eigenvalue weighted by Crippen LogP contribution is -2.11. The average molecular weight is 286 g/mol. The first-order chi connectivity index (χ1) is 10.1. The monoisotopic (exact) mass is 286 g/mol. The molecule has 0 saturated carbocycles. The number of hydrogen-bond acceptors (Lipinski definition) is 6. The lowest BCUT2D eigenvalue weighted by atomic mass is 10.1. The van der Waals surface area contributed by atoms with E-state index in [1.807, 2.05) is 33.3 Å². The summed E-state index contributed by atoms with van der Waals surface area (Å²) in [5.74, 6) is 1.41. The van der Waals surface area contributed by atoms with Crippen molar-refractivity contribution in [2.45, 2.75) is 33.2 Å². The van der Waals surface area contributed by atoms with Crippen molar-refractivity contribution in [3.8, 4) is 0 Å². The molecule has 1 N–H and O–H groups in total. The molecular formula is C14H18N6O. The highest BCUT2D eigenvalue weighted by molar-refractivity contribution is 5.87. The van der Waals surface area contributed by atoms with Crippen LogP contribution in [0, 0.1) is 13.8 Å². The third-order valence-corrected chi connectivity index (χ3v) is 3.46. The Balaban J connectivity index is 2.01. The molecule has 0 radical (unpaired) electrons. The van der Waals surface area contributed by atoms with Gasteiger partial charge in [0.2, 0.25) is 0 Å². The fourth-order valence-electron chi connectivity index (χ4n) is 2.41. The Kier molecular flexibility index (Phi) is 3.32. The molecule has 21 heavy (non-hydrogen) atoms.